The van der Waals surface area contributed by atoms with Crippen molar-refractivity contribution < 1.29 is 9.47 Å². The smallest absolute Gasteiger partial charge is 0.161 e. The first-order valence-electron chi connectivity index (χ1n) is 5.70. The molecular weight excluding hydrogens is 238 g/mol. The van der Waals surface area contributed by atoms with Crippen molar-refractivity contribution in [2.24, 2.45) is 5.73 Å². The van der Waals surface area contributed by atoms with Crippen LogP contribution in [-0.2, 0) is 0 Å². The summed E-state index contributed by atoms with van der Waals surface area (Å²) in [5.74, 6) is 1.49. The number of benzene rings is 1. The van der Waals surface area contributed by atoms with Gasteiger partial charge in [0.25, 0.3) is 0 Å². The first kappa shape index (κ1) is 16.1. The molecule has 0 radical (unpaired) electrons. The fourth-order valence-corrected chi connectivity index (χ4v) is 1.67. The van der Waals surface area contributed by atoms with Gasteiger partial charge in [-0.2, -0.15) is 0 Å². The lowest BCUT2D eigenvalue weighted by Crippen LogP contribution is -2.10. The Kier molecular flexibility index (Phi) is 7.75. The van der Waals surface area contributed by atoms with Crippen molar-refractivity contribution in [3.05, 3.63) is 23.8 Å². The third kappa shape index (κ3) is 4.44. The largest absolute Gasteiger partial charge is 0.493 e. The highest BCUT2D eigenvalue weighted by atomic mass is 35.5. The van der Waals surface area contributed by atoms with E-state index in [9.17, 15) is 0 Å². The first-order chi connectivity index (χ1) is 7.72. The van der Waals surface area contributed by atoms with Gasteiger partial charge >= 0.3 is 0 Å². The predicted molar refractivity (Wildman–Crippen MR) is 73.2 cm³/mol. The van der Waals surface area contributed by atoms with E-state index in [1.165, 1.54) is 6.42 Å². The molecule has 0 saturated carbocycles. The number of halogens is 1. The fraction of sp³-hybridized carbons (Fsp3) is 0.538. The van der Waals surface area contributed by atoms with Gasteiger partial charge in [0, 0.05) is 6.04 Å². The number of hydrogen-bond donors (Lipinski definition) is 1. The highest BCUT2D eigenvalue weighted by molar-refractivity contribution is 5.85. The normalized spacial score (nSPS) is 11.5. The van der Waals surface area contributed by atoms with Crippen LogP contribution in [0.5, 0.6) is 11.5 Å². The monoisotopic (exact) mass is 259 g/mol. The summed E-state index contributed by atoms with van der Waals surface area (Å²) < 4.78 is 10.4. The highest BCUT2D eigenvalue weighted by Crippen LogP contribution is 2.30. The molecule has 0 aliphatic heterocycles. The quantitative estimate of drug-likeness (QED) is 0.852. The van der Waals surface area contributed by atoms with Crippen LogP contribution in [0, 0.1) is 0 Å². The fourth-order valence-electron chi connectivity index (χ4n) is 1.67. The third-order valence-corrected chi connectivity index (χ3v) is 2.70. The van der Waals surface area contributed by atoms with Gasteiger partial charge in [-0.1, -0.05) is 25.8 Å². The van der Waals surface area contributed by atoms with Gasteiger partial charge in [0.1, 0.15) is 0 Å². The summed E-state index contributed by atoms with van der Waals surface area (Å²) in [6, 6.07) is 5.95. The van der Waals surface area contributed by atoms with Crippen LogP contribution in [0.2, 0.25) is 0 Å². The zero-order chi connectivity index (χ0) is 12.0. The molecule has 0 amide bonds. The van der Waals surface area contributed by atoms with Crippen molar-refractivity contribution >= 4 is 12.4 Å². The summed E-state index contributed by atoms with van der Waals surface area (Å²) in [5.41, 5.74) is 7.20. The molecule has 0 unspecified atom stereocenters. The van der Waals surface area contributed by atoms with Crippen LogP contribution in [0.1, 0.15) is 37.8 Å². The number of nitrogens with two attached hydrogens (primary N) is 1. The summed E-state index contributed by atoms with van der Waals surface area (Å²) in [4.78, 5) is 0. The lowest BCUT2D eigenvalue weighted by molar-refractivity contribution is 0.354. The Labute approximate surface area is 110 Å². The van der Waals surface area contributed by atoms with Gasteiger partial charge in [0.15, 0.2) is 11.5 Å². The second kappa shape index (κ2) is 8.20. The molecule has 0 spiro atoms. The minimum Gasteiger partial charge on any atom is -0.493 e. The van der Waals surface area contributed by atoms with Gasteiger partial charge in [-0.25, -0.2) is 0 Å². The van der Waals surface area contributed by atoms with Crippen LogP contribution < -0.4 is 15.2 Å². The van der Waals surface area contributed by atoms with Gasteiger partial charge < -0.3 is 15.2 Å². The Morgan fingerprint density at radius 3 is 2.35 bits per heavy atom. The van der Waals surface area contributed by atoms with Crippen LogP contribution in [0.4, 0.5) is 0 Å². The van der Waals surface area contributed by atoms with E-state index in [1.54, 1.807) is 14.2 Å². The molecule has 1 aromatic carbocycles. The Morgan fingerprint density at radius 1 is 1.18 bits per heavy atom. The Bertz CT molecular complexity index is 331. The number of rotatable bonds is 6. The maximum atomic E-state index is 6.10. The Hall–Kier alpha value is -0.930. The standard InChI is InChI=1S/C13H21NO2.ClH/c1-4-5-6-11(14)10-7-8-12(15-2)13(9-10)16-3;/h7-9,11H,4-6,14H2,1-3H3;1H/t11-;/m1./s1. The van der Waals surface area contributed by atoms with Crippen molar-refractivity contribution in [1.29, 1.82) is 0 Å². The van der Waals surface area contributed by atoms with Crippen molar-refractivity contribution in [3.63, 3.8) is 0 Å². The maximum absolute atomic E-state index is 6.10. The van der Waals surface area contributed by atoms with Crippen molar-refractivity contribution in [3.8, 4) is 11.5 Å². The van der Waals surface area contributed by atoms with Crippen LogP contribution in [0.3, 0.4) is 0 Å². The van der Waals surface area contributed by atoms with Gasteiger partial charge in [-0.05, 0) is 24.1 Å². The zero-order valence-electron chi connectivity index (χ0n) is 10.7. The van der Waals surface area contributed by atoms with Gasteiger partial charge in [0.05, 0.1) is 14.2 Å². The molecule has 2 N–H and O–H groups in total. The SMILES string of the molecule is CCCC[C@@H](N)c1ccc(OC)c(OC)c1.Cl. The Balaban J connectivity index is 0.00000256. The van der Waals surface area contributed by atoms with Gasteiger partial charge in [-0.15, -0.1) is 12.4 Å². The summed E-state index contributed by atoms with van der Waals surface area (Å²) >= 11 is 0. The van der Waals surface area contributed by atoms with Crippen LogP contribution >= 0.6 is 12.4 Å². The molecule has 0 fully saturated rings. The van der Waals surface area contributed by atoms with E-state index in [1.807, 2.05) is 18.2 Å². The van der Waals surface area contributed by atoms with E-state index in [-0.39, 0.29) is 18.4 Å². The summed E-state index contributed by atoms with van der Waals surface area (Å²) in [6.07, 6.45) is 3.32. The molecule has 0 bridgehead atoms. The zero-order valence-corrected chi connectivity index (χ0v) is 11.5. The highest BCUT2D eigenvalue weighted by Gasteiger charge is 2.09. The lowest BCUT2D eigenvalue weighted by Gasteiger charge is -2.14. The topological polar surface area (TPSA) is 44.5 Å². The molecule has 1 aromatic rings. The molecule has 3 nitrogen and oxygen atoms in total. The molecule has 0 heterocycles. The summed E-state index contributed by atoms with van der Waals surface area (Å²) in [6.45, 7) is 2.17. The van der Waals surface area contributed by atoms with Crippen LogP contribution in [0.15, 0.2) is 18.2 Å². The van der Waals surface area contributed by atoms with E-state index < -0.39 is 0 Å². The summed E-state index contributed by atoms with van der Waals surface area (Å²) in [7, 11) is 3.27. The second-order valence-electron chi connectivity index (χ2n) is 3.86. The average molecular weight is 260 g/mol. The van der Waals surface area contributed by atoms with E-state index in [2.05, 4.69) is 6.92 Å². The maximum Gasteiger partial charge on any atom is 0.161 e. The molecule has 0 aliphatic rings. The number of hydrogen-bond acceptors (Lipinski definition) is 3. The second-order valence-corrected chi connectivity index (χ2v) is 3.86. The molecular formula is C13H22ClNO2. The number of ether oxygens (including phenoxy) is 2. The van der Waals surface area contributed by atoms with E-state index in [0.717, 1.165) is 29.9 Å². The van der Waals surface area contributed by atoms with Crippen molar-refractivity contribution in [1.82, 2.24) is 0 Å². The van der Waals surface area contributed by atoms with Gasteiger partial charge in [0.2, 0.25) is 0 Å². The van der Waals surface area contributed by atoms with Crippen LogP contribution in [-0.4, -0.2) is 14.2 Å². The molecule has 17 heavy (non-hydrogen) atoms. The molecule has 0 saturated heterocycles. The summed E-state index contributed by atoms with van der Waals surface area (Å²) in [5, 5.41) is 0. The lowest BCUT2D eigenvalue weighted by atomic mass is 10.0. The van der Waals surface area contributed by atoms with Crippen molar-refractivity contribution in [2.75, 3.05) is 14.2 Å². The molecule has 98 valence electrons. The Morgan fingerprint density at radius 2 is 1.82 bits per heavy atom. The van der Waals surface area contributed by atoms with Gasteiger partial charge in [-0.3, -0.25) is 0 Å². The van der Waals surface area contributed by atoms with Crippen molar-refractivity contribution in [2.45, 2.75) is 32.2 Å². The average Bonchev–Trinajstić information content (AvgIpc) is 2.34. The molecule has 4 heteroatoms. The van der Waals surface area contributed by atoms with E-state index >= 15 is 0 Å². The van der Waals surface area contributed by atoms with Crippen LogP contribution in [0.25, 0.3) is 0 Å². The number of methoxy groups -OCH3 is 2. The molecule has 0 aromatic heterocycles. The minimum absolute atomic E-state index is 0. The minimum atomic E-state index is 0. The molecule has 1 atom stereocenters. The van der Waals surface area contributed by atoms with E-state index in [4.69, 9.17) is 15.2 Å². The van der Waals surface area contributed by atoms with E-state index in [0.29, 0.717) is 0 Å². The molecule has 0 aliphatic carbocycles. The first-order valence-corrected chi connectivity index (χ1v) is 5.70. The molecule has 1 rings (SSSR count). The number of unbranched alkanes of at least 4 members (excludes halogenated alkanes) is 1. The predicted octanol–water partition coefficient (Wildman–Crippen LogP) is 3.32. The third-order valence-electron chi connectivity index (χ3n) is 2.70.